The first-order valence-corrected chi connectivity index (χ1v) is 11.6. The number of halogens is 1. The third-order valence-corrected chi connectivity index (χ3v) is 7.12. The smallest absolute Gasteiger partial charge is 0.316 e. The van der Waals surface area contributed by atoms with E-state index in [9.17, 15) is 9.59 Å². The lowest BCUT2D eigenvalue weighted by molar-refractivity contribution is -0.129. The number of Topliss-reactive ketones (excluding diaryl/α,β-unsaturated/α-hetero) is 1. The molecule has 2 aromatic carbocycles. The normalized spacial score (nSPS) is 20.1. The SMILES string of the molecule is O=C(C1CC1)[C@]1(Cc2n[nH]c(=O)n2-c2ccc(-c3ccc4cnccc4c3)cc2F)CCNC1. The number of carbonyl (C=O) groups is 1. The summed E-state index contributed by atoms with van der Waals surface area (Å²) < 4.78 is 16.7. The number of aromatic amines is 1. The minimum atomic E-state index is -0.596. The molecule has 2 fully saturated rings. The molecule has 34 heavy (non-hydrogen) atoms. The van der Waals surface area contributed by atoms with Gasteiger partial charge in [-0.25, -0.2) is 18.9 Å². The highest BCUT2D eigenvalue weighted by Gasteiger charge is 2.48. The molecule has 1 aliphatic carbocycles. The molecular formula is C26H24FN5O2. The van der Waals surface area contributed by atoms with E-state index in [-0.39, 0.29) is 17.4 Å². The first-order valence-electron chi connectivity index (χ1n) is 11.6. The van der Waals surface area contributed by atoms with Gasteiger partial charge in [-0.15, -0.1) is 0 Å². The van der Waals surface area contributed by atoms with Crippen LogP contribution in [0, 0.1) is 17.2 Å². The maximum absolute atomic E-state index is 15.4. The number of fused-ring (bicyclic) bond motifs is 1. The fraction of sp³-hybridized carbons (Fsp3) is 0.308. The molecule has 0 amide bonds. The number of hydrogen-bond donors (Lipinski definition) is 2. The van der Waals surface area contributed by atoms with Crippen LogP contribution in [0.4, 0.5) is 4.39 Å². The number of pyridine rings is 1. The van der Waals surface area contributed by atoms with Crippen molar-refractivity contribution in [1.29, 1.82) is 0 Å². The van der Waals surface area contributed by atoms with Gasteiger partial charge in [0.05, 0.1) is 5.69 Å². The Morgan fingerprint density at radius 3 is 2.71 bits per heavy atom. The number of ketones is 1. The van der Waals surface area contributed by atoms with Gasteiger partial charge in [0.2, 0.25) is 0 Å². The summed E-state index contributed by atoms with van der Waals surface area (Å²) in [5, 5.41) is 12.0. The van der Waals surface area contributed by atoms with Crippen LogP contribution in [0.2, 0.25) is 0 Å². The second kappa shape index (κ2) is 7.99. The van der Waals surface area contributed by atoms with Crippen molar-refractivity contribution in [2.24, 2.45) is 11.3 Å². The first-order chi connectivity index (χ1) is 16.5. The topological polar surface area (TPSA) is 92.7 Å². The summed E-state index contributed by atoms with van der Waals surface area (Å²) in [6, 6.07) is 12.6. The molecule has 7 nitrogen and oxygen atoms in total. The Morgan fingerprint density at radius 2 is 1.94 bits per heavy atom. The predicted molar refractivity (Wildman–Crippen MR) is 126 cm³/mol. The molecule has 2 aromatic heterocycles. The third kappa shape index (κ3) is 3.54. The fourth-order valence-corrected chi connectivity index (χ4v) is 5.10. The molecule has 0 radical (unpaired) electrons. The molecule has 4 aromatic rings. The molecule has 2 aliphatic rings. The largest absolute Gasteiger partial charge is 0.348 e. The minimum Gasteiger partial charge on any atom is -0.316 e. The lowest BCUT2D eigenvalue weighted by Crippen LogP contribution is -2.38. The monoisotopic (exact) mass is 457 g/mol. The predicted octanol–water partition coefficient (Wildman–Crippen LogP) is 3.42. The molecule has 1 saturated carbocycles. The first kappa shape index (κ1) is 20.9. The summed E-state index contributed by atoms with van der Waals surface area (Å²) in [5.74, 6) is 0.200. The second-order valence-electron chi connectivity index (χ2n) is 9.41. The number of benzene rings is 2. The minimum absolute atomic E-state index is 0.104. The molecule has 0 bridgehead atoms. The maximum atomic E-state index is 15.4. The van der Waals surface area contributed by atoms with Crippen LogP contribution in [0.25, 0.3) is 27.6 Å². The van der Waals surface area contributed by atoms with Gasteiger partial charge in [0, 0.05) is 42.1 Å². The summed E-state index contributed by atoms with van der Waals surface area (Å²) in [6.07, 6.45) is 6.36. The highest BCUT2D eigenvalue weighted by Crippen LogP contribution is 2.42. The van der Waals surface area contributed by atoms with E-state index in [0.717, 1.165) is 35.7 Å². The second-order valence-corrected chi connectivity index (χ2v) is 9.41. The summed E-state index contributed by atoms with van der Waals surface area (Å²) in [6.45, 7) is 1.31. The number of rotatable bonds is 6. The molecule has 3 heterocycles. The van der Waals surface area contributed by atoms with Crippen molar-refractivity contribution in [3.05, 3.63) is 77.0 Å². The number of carbonyl (C=O) groups excluding carboxylic acids is 1. The molecule has 172 valence electrons. The number of aromatic nitrogens is 4. The van der Waals surface area contributed by atoms with E-state index >= 15 is 4.39 Å². The standard InChI is InChI=1S/C26H24FN5O2/c27-21-12-18(17-3-4-20-14-28-9-7-19(20)11-17)5-6-22(21)32-23(30-31-25(32)34)13-26(8-10-29-15-26)24(33)16-1-2-16/h3-7,9,11-12,14,16,29H,1-2,8,10,13,15H2,(H,31,34)/t26-/m0/s1. The average Bonchev–Trinajstić information content (AvgIpc) is 3.50. The Labute approximate surface area is 195 Å². The van der Waals surface area contributed by atoms with Crippen molar-refractivity contribution < 1.29 is 9.18 Å². The molecule has 0 spiro atoms. The number of H-pyrrole nitrogens is 1. The number of nitrogens with zero attached hydrogens (tertiary/aromatic N) is 3. The summed E-state index contributed by atoms with van der Waals surface area (Å²) >= 11 is 0. The third-order valence-electron chi connectivity index (χ3n) is 7.12. The van der Waals surface area contributed by atoms with Crippen molar-refractivity contribution >= 4 is 16.6 Å². The zero-order valence-electron chi connectivity index (χ0n) is 18.6. The zero-order chi connectivity index (χ0) is 23.3. The summed E-state index contributed by atoms with van der Waals surface area (Å²) in [7, 11) is 0. The Kier molecular flexibility index (Phi) is 4.91. The van der Waals surface area contributed by atoms with Crippen LogP contribution in [-0.2, 0) is 11.2 Å². The zero-order valence-corrected chi connectivity index (χ0v) is 18.6. The van der Waals surface area contributed by atoms with Gasteiger partial charge in [-0.2, -0.15) is 5.10 Å². The molecule has 2 N–H and O–H groups in total. The van der Waals surface area contributed by atoms with E-state index in [1.54, 1.807) is 24.5 Å². The van der Waals surface area contributed by atoms with Crippen LogP contribution in [0.3, 0.4) is 0 Å². The lowest BCUT2D eigenvalue weighted by atomic mass is 9.77. The fourth-order valence-electron chi connectivity index (χ4n) is 5.10. The molecule has 1 saturated heterocycles. The van der Waals surface area contributed by atoms with Crippen LogP contribution in [0.15, 0.2) is 59.7 Å². The number of hydrogen-bond acceptors (Lipinski definition) is 5. The van der Waals surface area contributed by atoms with Gasteiger partial charge in [-0.3, -0.25) is 9.78 Å². The van der Waals surface area contributed by atoms with Gasteiger partial charge in [0.1, 0.15) is 17.4 Å². The van der Waals surface area contributed by atoms with E-state index in [4.69, 9.17) is 0 Å². The Balaban J connectivity index is 1.36. The van der Waals surface area contributed by atoms with Gasteiger partial charge < -0.3 is 5.32 Å². The van der Waals surface area contributed by atoms with Crippen LogP contribution in [0.1, 0.15) is 25.1 Å². The van der Waals surface area contributed by atoms with Crippen LogP contribution >= 0.6 is 0 Å². The highest BCUT2D eigenvalue weighted by molar-refractivity contribution is 5.90. The van der Waals surface area contributed by atoms with Gasteiger partial charge in [-0.05, 0) is 66.6 Å². The van der Waals surface area contributed by atoms with E-state index in [1.807, 2.05) is 24.3 Å². The van der Waals surface area contributed by atoms with Gasteiger partial charge in [-0.1, -0.05) is 18.2 Å². The molecule has 6 rings (SSSR count). The van der Waals surface area contributed by atoms with Crippen molar-refractivity contribution in [2.75, 3.05) is 13.1 Å². The average molecular weight is 458 g/mol. The van der Waals surface area contributed by atoms with Crippen molar-refractivity contribution in [3.63, 3.8) is 0 Å². The molecule has 1 atom stereocenters. The summed E-state index contributed by atoms with van der Waals surface area (Å²) in [5.41, 5.74) is 0.594. The van der Waals surface area contributed by atoms with E-state index < -0.39 is 16.9 Å². The summed E-state index contributed by atoms with van der Waals surface area (Å²) in [4.78, 5) is 29.9. The van der Waals surface area contributed by atoms with Crippen molar-refractivity contribution in [3.8, 4) is 16.8 Å². The van der Waals surface area contributed by atoms with Crippen molar-refractivity contribution in [2.45, 2.75) is 25.7 Å². The Morgan fingerprint density at radius 1 is 1.12 bits per heavy atom. The molecule has 8 heteroatoms. The van der Waals surface area contributed by atoms with Crippen LogP contribution < -0.4 is 11.0 Å². The van der Waals surface area contributed by atoms with Crippen LogP contribution in [-0.4, -0.2) is 38.6 Å². The van der Waals surface area contributed by atoms with E-state index in [0.29, 0.717) is 30.8 Å². The molecular weight excluding hydrogens is 433 g/mol. The Hall–Kier alpha value is -3.65. The van der Waals surface area contributed by atoms with Crippen LogP contribution in [0.5, 0.6) is 0 Å². The molecule has 0 unspecified atom stereocenters. The van der Waals surface area contributed by atoms with Gasteiger partial charge in [0.15, 0.2) is 0 Å². The lowest BCUT2D eigenvalue weighted by Gasteiger charge is -2.26. The number of nitrogens with one attached hydrogen (secondary N) is 2. The quantitative estimate of drug-likeness (QED) is 0.463. The van der Waals surface area contributed by atoms with E-state index in [2.05, 4.69) is 20.5 Å². The molecule has 1 aliphatic heterocycles. The van der Waals surface area contributed by atoms with Crippen molar-refractivity contribution in [1.82, 2.24) is 25.1 Å². The van der Waals surface area contributed by atoms with E-state index in [1.165, 1.54) is 10.6 Å². The van der Waals surface area contributed by atoms with Gasteiger partial charge in [0.25, 0.3) is 0 Å². The Bertz CT molecular complexity index is 1460. The highest BCUT2D eigenvalue weighted by atomic mass is 19.1. The van der Waals surface area contributed by atoms with Gasteiger partial charge >= 0.3 is 5.69 Å². The maximum Gasteiger partial charge on any atom is 0.348 e.